The largest absolute Gasteiger partial charge is 0.354 e. The molecule has 7 heteroatoms. The molecule has 0 aliphatic carbocycles. The fraction of sp³-hybridized carbons (Fsp3) is 0.500. The number of carbonyl (C=O) groups excluding carboxylic acids is 1. The molecule has 0 bridgehead atoms. The predicted octanol–water partition coefficient (Wildman–Crippen LogP) is 3.85. The third-order valence-electron chi connectivity index (χ3n) is 5.66. The van der Waals surface area contributed by atoms with E-state index in [0.717, 1.165) is 73.8 Å². The second-order valence-electron chi connectivity index (χ2n) is 8.66. The fourth-order valence-electron chi connectivity index (χ4n) is 4.13. The monoisotopic (exact) mass is 420 g/mol. The first-order chi connectivity index (χ1) is 15.1. The van der Waals surface area contributed by atoms with Crippen molar-refractivity contribution in [1.29, 1.82) is 0 Å². The number of anilines is 1. The minimum absolute atomic E-state index is 0.258. The number of aryl methyl sites for hydroxylation is 1. The third-order valence-corrected chi connectivity index (χ3v) is 5.66. The summed E-state index contributed by atoms with van der Waals surface area (Å²) in [5.74, 6) is 2.43. The van der Waals surface area contributed by atoms with E-state index in [4.69, 9.17) is 9.97 Å². The van der Waals surface area contributed by atoms with Crippen LogP contribution in [0.4, 0.5) is 5.82 Å². The predicted molar refractivity (Wildman–Crippen MR) is 124 cm³/mol. The average Bonchev–Trinajstić information content (AvgIpc) is 3.02. The summed E-state index contributed by atoms with van der Waals surface area (Å²) in [7, 11) is 0. The van der Waals surface area contributed by atoms with Gasteiger partial charge in [-0.2, -0.15) is 5.10 Å². The van der Waals surface area contributed by atoms with E-state index in [9.17, 15) is 4.79 Å². The summed E-state index contributed by atoms with van der Waals surface area (Å²) < 4.78 is 1.90. The molecule has 2 aromatic heterocycles. The van der Waals surface area contributed by atoms with Crippen molar-refractivity contribution < 1.29 is 4.79 Å². The molecule has 164 valence electrons. The van der Waals surface area contributed by atoms with E-state index in [0.29, 0.717) is 12.3 Å². The summed E-state index contributed by atoms with van der Waals surface area (Å²) >= 11 is 0. The van der Waals surface area contributed by atoms with E-state index >= 15 is 0 Å². The van der Waals surface area contributed by atoms with Crippen molar-refractivity contribution in [3.8, 4) is 5.69 Å². The number of benzene rings is 1. The highest BCUT2D eigenvalue weighted by atomic mass is 16.2. The highest BCUT2D eigenvalue weighted by Gasteiger charge is 2.23. The molecule has 0 N–H and O–H groups in total. The minimum Gasteiger partial charge on any atom is -0.354 e. The summed E-state index contributed by atoms with van der Waals surface area (Å²) in [6, 6.07) is 10.1. The van der Waals surface area contributed by atoms with Gasteiger partial charge in [0.05, 0.1) is 17.3 Å². The van der Waals surface area contributed by atoms with Crippen LogP contribution >= 0.6 is 0 Å². The zero-order valence-corrected chi connectivity index (χ0v) is 18.8. The van der Waals surface area contributed by atoms with Gasteiger partial charge in [0.25, 0.3) is 0 Å². The molecular formula is C24H32N6O. The lowest BCUT2D eigenvalue weighted by Gasteiger charge is -2.24. The van der Waals surface area contributed by atoms with Crippen LogP contribution < -0.4 is 4.90 Å². The summed E-state index contributed by atoms with van der Waals surface area (Å²) in [5, 5.41) is 5.61. The van der Waals surface area contributed by atoms with Crippen molar-refractivity contribution in [2.75, 3.05) is 31.1 Å². The number of para-hydroxylation sites is 1. The number of amides is 1. The van der Waals surface area contributed by atoms with Crippen molar-refractivity contribution in [3.05, 3.63) is 42.4 Å². The standard InChI is InChI=1S/C24H32N6O/c1-4-9-21-26-23(29-13-8-12-28(14-15-29)22(31)16-18(2)3)20-17-25-30(24(20)27-21)19-10-6-5-7-11-19/h5-7,10-11,17-18H,4,8-9,12-16H2,1-3H3. The van der Waals surface area contributed by atoms with Crippen LogP contribution in [-0.4, -0.2) is 56.7 Å². The van der Waals surface area contributed by atoms with Gasteiger partial charge in [0.15, 0.2) is 5.65 Å². The number of nitrogens with zero attached hydrogens (tertiary/aromatic N) is 6. The first-order valence-electron chi connectivity index (χ1n) is 11.4. The van der Waals surface area contributed by atoms with Gasteiger partial charge < -0.3 is 9.80 Å². The molecule has 0 saturated carbocycles. The Bertz CT molecular complexity index is 1030. The summed E-state index contributed by atoms with van der Waals surface area (Å²) in [6.45, 7) is 9.52. The third kappa shape index (κ3) is 4.70. The maximum Gasteiger partial charge on any atom is 0.222 e. The summed E-state index contributed by atoms with van der Waals surface area (Å²) in [5.41, 5.74) is 1.84. The number of carbonyl (C=O) groups is 1. The molecule has 0 spiro atoms. The molecule has 1 aromatic carbocycles. The number of hydrogen-bond donors (Lipinski definition) is 0. The molecule has 0 radical (unpaired) electrons. The van der Waals surface area contributed by atoms with Crippen LogP contribution in [0.5, 0.6) is 0 Å². The molecular weight excluding hydrogens is 388 g/mol. The van der Waals surface area contributed by atoms with Crippen molar-refractivity contribution >= 4 is 22.8 Å². The van der Waals surface area contributed by atoms with Crippen LogP contribution in [-0.2, 0) is 11.2 Å². The van der Waals surface area contributed by atoms with Gasteiger partial charge in [0.2, 0.25) is 5.91 Å². The average molecular weight is 421 g/mol. The van der Waals surface area contributed by atoms with Crippen LogP contribution in [0.3, 0.4) is 0 Å². The zero-order chi connectivity index (χ0) is 21.8. The van der Waals surface area contributed by atoms with Gasteiger partial charge in [-0.15, -0.1) is 0 Å². The molecule has 4 rings (SSSR count). The maximum absolute atomic E-state index is 12.6. The van der Waals surface area contributed by atoms with E-state index in [2.05, 4.69) is 30.8 Å². The number of aromatic nitrogens is 4. The van der Waals surface area contributed by atoms with E-state index in [1.54, 1.807) is 0 Å². The summed E-state index contributed by atoms with van der Waals surface area (Å²) in [6.07, 6.45) is 5.24. The lowest BCUT2D eigenvalue weighted by molar-refractivity contribution is -0.131. The van der Waals surface area contributed by atoms with Crippen LogP contribution in [0.2, 0.25) is 0 Å². The molecule has 1 aliphatic rings. The highest BCUT2D eigenvalue weighted by Crippen LogP contribution is 2.27. The van der Waals surface area contributed by atoms with E-state index in [-0.39, 0.29) is 5.91 Å². The molecule has 0 unspecified atom stereocenters. The quantitative estimate of drug-likeness (QED) is 0.606. The van der Waals surface area contributed by atoms with E-state index in [1.807, 2.05) is 46.1 Å². The van der Waals surface area contributed by atoms with Crippen LogP contribution in [0, 0.1) is 5.92 Å². The number of hydrogen-bond acceptors (Lipinski definition) is 5. The molecule has 1 saturated heterocycles. The highest BCUT2D eigenvalue weighted by molar-refractivity contribution is 5.88. The second kappa shape index (κ2) is 9.45. The Kier molecular flexibility index (Phi) is 6.49. The van der Waals surface area contributed by atoms with Gasteiger partial charge in [0, 0.05) is 39.0 Å². The Morgan fingerprint density at radius 1 is 1.06 bits per heavy atom. The minimum atomic E-state index is 0.258. The van der Waals surface area contributed by atoms with Crippen LogP contribution in [0.1, 0.15) is 45.9 Å². The molecule has 3 heterocycles. The van der Waals surface area contributed by atoms with Gasteiger partial charge in [-0.3, -0.25) is 4.79 Å². The first kappa shape index (κ1) is 21.3. The van der Waals surface area contributed by atoms with Gasteiger partial charge in [0.1, 0.15) is 11.6 Å². The Morgan fingerprint density at radius 3 is 2.61 bits per heavy atom. The number of fused-ring (bicyclic) bond motifs is 1. The van der Waals surface area contributed by atoms with Crippen molar-refractivity contribution in [3.63, 3.8) is 0 Å². The Hall–Kier alpha value is -2.96. The Morgan fingerprint density at radius 2 is 1.87 bits per heavy atom. The van der Waals surface area contributed by atoms with Crippen LogP contribution in [0.25, 0.3) is 16.7 Å². The van der Waals surface area contributed by atoms with E-state index in [1.165, 1.54) is 0 Å². The molecule has 7 nitrogen and oxygen atoms in total. The lowest BCUT2D eigenvalue weighted by Crippen LogP contribution is -2.36. The lowest BCUT2D eigenvalue weighted by atomic mass is 10.1. The Balaban J connectivity index is 1.67. The van der Waals surface area contributed by atoms with Gasteiger partial charge in [-0.1, -0.05) is 39.0 Å². The van der Waals surface area contributed by atoms with Crippen molar-refractivity contribution in [2.45, 2.75) is 46.5 Å². The molecule has 3 aromatic rings. The second-order valence-corrected chi connectivity index (χ2v) is 8.66. The van der Waals surface area contributed by atoms with Gasteiger partial charge in [-0.05, 0) is 30.9 Å². The van der Waals surface area contributed by atoms with E-state index < -0.39 is 0 Å². The normalized spacial score (nSPS) is 15.0. The molecule has 1 fully saturated rings. The van der Waals surface area contributed by atoms with Gasteiger partial charge in [-0.25, -0.2) is 14.6 Å². The molecule has 31 heavy (non-hydrogen) atoms. The maximum atomic E-state index is 12.6. The topological polar surface area (TPSA) is 67.2 Å². The van der Waals surface area contributed by atoms with Crippen molar-refractivity contribution in [1.82, 2.24) is 24.6 Å². The zero-order valence-electron chi connectivity index (χ0n) is 18.8. The Labute approximate surface area is 184 Å². The molecule has 1 aliphatic heterocycles. The fourth-order valence-corrected chi connectivity index (χ4v) is 4.13. The smallest absolute Gasteiger partial charge is 0.222 e. The summed E-state index contributed by atoms with van der Waals surface area (Å²) in [4.78, 5) is 26.7. The SMILES string of the molecule is CCCc1nc(N2CCCN(C(=O)CC(C)C)CC2)c2cnn(-c3ccccc3)c2n1. The van der Waals surface area contributed by atoms with Crippen LogP contribution in [0.15, 0.2) is 36.5 Å². The van der Waals surface area contributed by atoms with Crippen molar-refractivity contribution in [2.24, 2.45) is 5.92 Å². The first-order valence-corrected chi connectivity index (χ1v) is 11.4. The molecule has 0 atom stereocenters. The number of rotatable bonds is 6. The molecule has 1 amide bonds. The van der Waals surface area contributed by atoms with Gasteiger partial charge >= 0.3 is 0 Å².